The Bertz CT molecular complexity index is 1200. The predicted octanol–water partition coefficient (Wildman–Crippen LogP) is 5.56. The van der Waals surface area contributed by atoms with Crippen LogP contribution >= 0.6 is 11.6 Å². The fourth-order valence-electron chi connectivity index (χ4n) is 4.27. The highest BCUT2D eigenvalue weighted by Crippen LogP contribution is 2.33. The molecule has 37 heavy (non-hydrogen) atoms. The van der Waals surface area contributed by atoms with Crippen molar-refractivity contribution in [1.29, 1.82) is 0 Å². The Kier molecular flexibility index (Phi) is 9.07. The molecule has 1 heterocycles. The lowest BCUT2D eigenvalue weighted by atomic mass is 10.0. The summed E-state index contributed by atoms with van der Waals surface area (Å²) in [5.41, 5.74) is 2.89. The standard InChI is InChI=1S/C30H33ClN2O4/c1-3-21(2)32-30(35)26(17-22-7-5-4-6-8-22)33(19-24-9-13-25(31)14-10-24)29(34)16-12-23-11-15-27-28(18-23)37-20-36-27/h4-11,13-15,18,21,26H,3,12,16-17,19-20H2,1-2H3,(H,32,35)/t21-,26+/m0/s1. The van der Waals surface area contributed by atoms with E-state index in [4.69, 9.17) is 21.1 Å². The second-order valence-corrected chi connectivity index (χ2v) is 9.80. The van der Waals surface area contributed by atoms with Crippen LogP contribution in [0.3, 0.4) is 0 Å². The van der Waals surface area contributed by atoms with Gasteiger partial charge in [-0.2, -0.15) is 0 Å². The Hall–Kier alpha value is -3.51. The van der Waals surface area contributed by atoms with E-state index < -0.39 is 6.04 Å². The number of hydrogen-bond donors (Lipinski definition) is 1. The lowest BCUT2D eigenvalue weighted by molar-refractivity contribution is -0.141. The van der Waals surface area contributed by atoms with E-state index in [2.05, 4.69) is 5.32 Å². The van der Waals surface area contributed by atoms with Crippen molar-refractivity contribution in [3.8, 4) is 11.5 Å². The van der Waals surface area contributed by atoms with Gasteiger partial charge in [0.15, 0.2) is 11.5 Å². The molecule has 0 aliphatic carbocycles. The summed E-state index contributed by atoms with van der Waals surface area (Å²) in [5, 5.41) is 3.72. The van der Waals surface area contributed by atoms with Gasteiger partial charge in [-0.1, -0.05) is 67.1 Å². The third-order valence-corrected chi connectivity index (χ3v) is 6.85. The molecule has 4 rings (SSSR count). The number of rotatable bonds is 11. The monoisotopic (exact) mass is 520 g/mol. The van der Waals surface area contributed by atoms with E-state index in [9.17, 15) is 9.59 Å². The van der Waals surface area contributed by atoms with Crippen LogP contribution in [-0.4, -0.2) is 35.6 Å². The number of amides is 2. The molecule has 3 aromatic rings. The van der Waals surface area contributed by atoms with E-state index in [-0.39, 0.29) is 31.1 Å². The van der Waals surface area contributed by atoms with Crippen molar-refractivity contribution in [3.05, 3.63) is 94.5 Å². The fourth-order valence-corrected chi connectivity index (χ4v) is 4.40. The number of nitrogens with one attached hydrogen (secondary N) is 1. The first kappa shape index (κ1) is 26.6. The number of nitrogens with zero attached hydrogens (tertiary/aromatic N) is 1. The number of carbonyl (C=O) groups is 2. The molecule has 0 saturated heterocycles. The van der Waals surface area contributed by atoms with Gasteiger partial charge in [0.05, 0.1) is 0 Å². The van der Waals surface area contributed by atoms with Crippen molar-refractivity contribution in [2.45, 2.75) is 58.2 Å². The van der Waals surface area contributed by atoms with Crippen LogP contribution in [0.5, 0.6) is 11.5 Å². The van der Waals surface area contributed by atoms with Gasteiger partial charge in [0.1, 0.15) is 6.04 Å². The maximum atomic E-state index is 13.8. The molecule has 2 atom stereocenters. The molecular weight excluding hydrogens is 488 g/mol. The molecule has 7 heteroatoms. The van der Waals surface area contributed by atoms with E-state index in [1.54, 1.807) is 17.0 Å². The molecule has 0 fully saturated rings. The van der Waals surface area contributed by atoms with Gasteiger partial charge in [-0.3, -0.25) is 9.59 Å². The predicted molar refractivity (Wildman–Crippen MR) is 145 cm³/mol. The van der Waals surface area contributed by atoms with Crippen molar-refractivity contribution in [1.82, 2.24) is 10.2 Å². The summed E-state index contributed by atoms with van der Waals surface area (Å²) in [6, 6.07) is 22.3. The van der Waals surface area contributed by atoms with Gasteiger partial charge in [0.2, 0.25) is 18.6 Å². The van der Waals surface area contributed by atoms with Crippen LogP contribution in [0.2, 0.25) is 5.02 Å². The van der Waals surface area contributed by atoms with Crippen LogP contribution in [0.25, 0.3) is 0 Å². The molecule has 2 amide bonds. The first-order valence-corrected chi connectivity index (χ1v) is 13.1. The van der Waals surface area contributed by atoms with E-state index >= 15 is 0 Å². The molecule has 0 bridgehead atoms. The number of aryl methyl sites for hydroxylation is 1. The second-order valence-electron chi connectivity index (χ2n) is 9.36. The highest BCUT2D eigenvalue weighted by molar-refractivity contribution is 6.30. The summed E-state index contributed by atoms with van der Waals surface area (Å²) < 4.78 is 10.9. The average Bonchev–Trinajstić information content (AvgIpc) is 3.39. The first-order valence-electron chi connectivity index (χ1n) is 12.7. The van der Waals surface area contributed by atoms with Crippen LogP contribution in [-0.2, 0) is 29.0 Å². The topological polar surface area (TPSA) is 67.9 Å². The molecule has 0 unspecified atom stereocenters. The van der Waals surface area contributed by atoms with Crippen LogP contribution in [0.15, 0.2) is 72.8 Å². The van der Waals surface area contributed by atoms with E-state index in [0.29, 0.717) is 35.9 Å². The van der Waals surface area contributed by atoms with Gasteiger partial charge in [-0.15, -0.1) is 0 Å². The Morgan fingerprint density at radius 3 is 2.38 bits per heavy atom. The van der Waals surface area contributed by atoms with Gasteiger partial charge in [0.25, 0.3) is 0 Å². The molecule has 0 aromatic heterocycles. The van der Waals surface area contributed by atoms with Crippen LogP contribution in [0.1, 0.15) is 43.4 Å². The van der Waals surface area contributed by atoms with Crippen LogP contribution in [0.4, 0.5) is 0 Å². The Morgan fingerprint density at radius 2 is 1.65 bits per heavy atom. The average molecular weight is 521 g/mol. The third kappa shape index (κ3) is 7.26. The summed E-state index contributed by atoms with van der Waals surface area (Å²) in [6.07, 6.45) is 2.01. The molecule has 1 aliphatic rings. The number of carbonyl (C=O) groups excluding carboxylic acids is 2. The third-order valence-electron chi connectivity index (χ3n) is 6.60. The molecule has 194 valence electrons. The van der Waals surface area contributed by atoms with E-state index in [1.807, 2.05) is 74.5 Å². The smallest absolute Gasteiger partial charge is 0.243 e. The number of ether oxygens (including phenoxy) is 2. The normalized spacial score (nSPS) is 13.6. The molecular formula is C30H33ClN2O4. The highest BCUT2D eigenvalue weighted by atomic mass is 35.5. The SMILES string of the molecule is CC[C@H](C)NC(=O)[C@@H](Cc1ccccc1)N(Cc1ccc(Cl)cc1)C(=O)CCc1ccc2c(c1)OCO2. The first-order chi connectivity index (χ1) is 17.9. The molecule has 1 N–H and O–H groups in total. The number of fused-ring (bicyclic) bond motifs is 1. The lowest BCUT2D eigenvalue weighted by Gasteiger charge is -2.32. The molecule has 0 saturated carbocycles. The number of halogens is 1. The summed E-state index contributed by atoms with van der Waals surface area (Å²) in [4.78, 5) is 29.0. The number of hydrogen-bond acceptors (Lipinski definition) is 4. The van der Waals surface area contributed by atoms with E-state index in [1.165, 1.54) is 0 Å². The maximum Gasteiger partial charge on any atom is 0.243 e. The minimum atomic E-state index is -0.656. The van der Waals surface area contributed by atoms with Crippen molar-refractivity contribution in [2.75, 3.05) is 6.79 Å². The van der Waals surface area contributed by atoms with Gasteiger partial charge >= 0.3 is 0 Å². The molecule has 1 aliphatic heterocycles. The van der Waals surface area contributed by atoms with Crippen molar-refractivity contribution in [2.24, 2.45) is 0 Å². The molecule has 0 radical (unpaired) electrons. The number of benzene rings is 3. The Morgan fingerprint density at radius 1 is 0.946 bits per heavy atom. The van der Waals surface area contributed by atoms with Crippen molar-refractivity contribution < 1.29 is 19.1 Å². The molecule has 6 nitrogen and oxygen atoms in total. The van der Waals surface area contributed by atoms with Crippen molar-refractivity contribution in [3.63, 3.8) is 0 Å². The van der Waals surface area contributed by atoms with Crippen LogP contribution in [0, 0.1) is 0 Å². The van der Waals surface area contributed by atoms with Gasteiger partial charge in [-0.25, -0.2) is 0 Å². The Labute approximate surface area is 223 Å². The van der Waals surface area contributed by atoms with Gasteiger partial charge < -0.3 is 19.7 Å². The van der Waals surface area contributed by atoms with Gasteiger partial charge in [0, 0.05) is 30.5 Å². The highest BCUT2D eigenvalue weighted by Gasteiger charge is 2.31. The summed E-state index contributed by atoms with van der Waals surface area (Å²) in [7, 11) is 0. The van der Waals surface area contributed by atoms with Gasteiger partial charge in [-0.05, 0) is 60.7 Å². The lowest BCUT2D eigenvalue weighted by Crippen LogP contribution is -2.52. The van der Waals surface area contributed by atoms with Crippen molar-refractivity contribution >= 4 is 23.4 Å². The zero-order valence-electron chi connectivity index (χ0n) is 21.3. The minimum absolute atomic E-state index is 0.00638. The fraction of sp³-hybridized carbons (Fsp3) is 0.333. The second kappa shape index (κ2) is 12.6. The molecule has 3 aromatic carbocycles. The zero-order valence-corrected chi connectivity index (χ0v) is 22.0. The van der Waals surface area contributed by atoms with Crippen LogP contribution < -0.4 is 14.8 Å². The summed E-state index contributed by atoms with van der Waals surface area (Å²) in [5.74, 6) is 1.17. The zero-order chi connectivity index (χ0) is 26.2. The quantitative estimate of drug-likeness (QED) is 0.359. The Balaban J connectivity index is 1.59. The summed E-state index contributed by atoms with van der Waals surface area (Å²) in [6.45, 7) is 4.52. The summed E-state index contributed by atoms with van der Waals surface area (Å²) >= 11 is 6.10. The largest absolute Gasteiger partial charge is 0.454 e. The maximum absolute atomic E-state index is 13.8. The molecule has 0 spiro atoms. The minimum Gasteiger partial charge on any atom is -0.454 e. The van der Waals surface area contributed by atoms with E-state index in [0.717, 1.165) is 23.1 Å².